The third kappa shape index (κ3) is 5.53. The highest BCUT2D eigenvalue weighted by molar-refractivity contribution is 7.86. The number of hydrogen-bond acceptors (Lipinski definition) is 4. The first-order valence-electron chi connectivity index (χ1n) is 3.36. The lowest BCUT2D eigenvalue weighted by molar-refractivity contribution is -0.137. The molecule has 0 unspecified atom stereocenters. The summed E-state index contributed by atoms with van der Waals surface area (Å²) in [5.74, 6) is -1.26. The van der Waals surface area contributed by atoms with Crippen LogP contribution in [0.3, 0.4) is 0 Å². The molecule has 0 radical (unpaired) electrons. The fourth-order valence-electron chi connectivity index (χ4n) is 0.640. The van der Waals surface area contributed by atoms with Gasteiger partial charge in [-0.15, -0.1) is 0 Å². The first-order chi connectivity index (χ1) is 5.88. The van der Waals surface area contributed by atoms with Gasteiger partial charge in [-0.2, -0.15) is 12.7 Å². The van der Waals surface area contributed by atoms with Crippen molar-refractivity contribution in [2.45, 2.75) is 0 Å². The second kappa shape index (κ2) is 5.12. The molecule has 0 heterocycles. The van der Waals surface area contributed by atoms with Gasteiger partial charge in [-0.1, -0.05) is 0 Å². The molecule has 7 nitrogen and oxygen atoms in total. The van der Waals surface area contributed by atoms with Gasteiger partial charge in [0.15, 0.2) is 0 Å². The second-order valence-corrected chi connectivity index (χ2v) is 3.81. The molecule has 0 atom stereocenters. The quantitative estimate of drug-likeness (QED) is 0.541. The Bertz CT molecular complexity index is 262. The summed E-state index contributed by atoms with van der Waals surface area (Å²) < 4.78 is 26.7. The van der Waals surface area contributed by atoms with Crippen LogP contribution in [0.15, 0.2) is 0 Å². The van der Waals surface area contributed by atoms with E-state index in [0.717, 1.165) is 0 Å². The molecule has 0 aromatic carbocycles. The number of rotatable bonds is 6. The summed E-state index contributed by atoms with van der Waals surface area (Å²) in [6, 6.07) is 0. The van der Waals surface area contributed by atoms with Gasteiger partial charge in [0.25, 0.3) is 10.2 Å². The summed E-state index contributed by atoms with van der Waals surface area (Å²) in [4.78, 5) is 10.2. The van der Waals surface area contributed by atoms with Crippen LogP contribution in [0.2, 0.25) is 0 Å². The number of aliphatic carboxylic acids is 1. The largest absolute Gasteiger partial charge is 0.480 e. The van der Waals surface area contributed by atoms with E-state index in [9.17, 15) is 13.2 Å². The Balaban J connectivity index is 4.29. The molecule has 0 saturated heterocycles. The minimum absolute atomic E-state index is 0.0678. The van der Waals surface area contributed by atoms with E-state index in [1.807, 2.05) is 0 Å². The minimum Gasteiger partial charge on any atom is -0.480 e. The summed E-state index contributed by atoms with van der Waals surface area (Å²) >= 11 is 0. The Kier molecular flexibility index (Phi) is 4.85. The highest BCUT2D eigenvalue weighted by atomic mass is 32.2. The van der Waals surface area contributed by atoms with Gasteiger partial charge >= 0.3 is 5.97 Å². The van der Waals surface area contributed by atoms with Crippen molar-refractivity contribution in [3.63, 3.8) is 0 Å². The van der Waals surface area contributed by atoms with Gasteiger partial charge in [-0.3, -0.25) is 4.79 Å². The number of nitrogens with zero attached hydrogens (tertiary/aromatic N) is 1. The van der Waals surface area contributed by atoms with Crippen molar-refractivity contribution >= 4 is 16.2 Å². The van der Waals surface area contributed by atoms with Gasteiger partial charge < -0.3 is 9.84 Å². The van der Waals surface area contributed by atoms with Crippen molar-refractivity contribution in [3.8, 4) is 0 Å². The van der Waals surface area contributed by atoms with E-state index >= 15 is 0 Å². The smallest absolute Gasteiger partial charge is 0.318 e. The maximum atomic E-state index is 10.8. The molecule has 78 valence electrons. The lowest BCUT2D eigenvalue weighted by Crippen LogP contribution is -2.41. The summed E-state index contributed by atoms with van der Waals surface area (Å²) in [7, 11) is -2.58. The first kappa shape index (κ1) is 12.3. The number of ether oxygens (including phenoxy) is 1. The molecule has 0 aromatic heterocycles. The van der Waals surface area contributed by atoms with Gasteiger partial charge in [0.1, 0.15) is 6.54 Å². The predicted molar refractivity (Wildman–Crippen MR) is 44.2 cm³/mol. The lowest BCUT2D eigenvalue weighted by atomic mass is 10.6. The van der Waals surface area contributed by atoms with Crippen molar-refractivity contribution < 1.29 is 23.1 Å². The molecule has 0 spiro atoms. The number of methoxy groups -OCH3 is 1. The van der Waals surface area contributed by atoms with Gasteiger partial charge in [0.05, 0.1) is 6.61 Å². The van der Waals surface area contributed by atoms with E-state index in [1.54, 1.807) is 0 Å². The molecule has 13 heavy (non-hydrogen) atoms. The monoisotopic (exact) mass is 212 g/mol. The van der Waals surface area contributed by atoms with E-state index in [0.29, 0.717) is 4.31 Å². The lowest BCUT2D eigenvalue weighted by Gasteiger charge is -2.15. The summed E-state index contributed by atoms with van der Waals surface area (Å²) in [6.45, 7) is -0.618. The standard InChI is InChI=1S/C5H12N2O5S/c1-12-3-2-7(4-5(8)9)13(6,10)11/h2-4H2,1H3,(H,8,9)(H2,6,10,11). The zero-order valence-electron chi connectivity index (χ0n) is 7.13. The van der Waals surface area contributed by atoms with E-state index < -0.39 is 22.7 Å². The Morgan fingerprint density at radius 1 is 1.62 bits per heavy atom. The van der Waals surface area contributed by atoms with Crippen molar-refractivity contribution in [1.82, 2.24) is 4.31 Å². The van der Waals surface area contributed by atoms with E-state index in [4.69, 9.17) is 10.2 Å². The van der Waals surface area contributed by atoms with Crippen LogP contribution in [0.25, 0.3) is 0 Å². The molecular formula is C5H12N2O5S. The topological polar surface area (TPSA) is 110 Å². The molecule has 0 rings (SSSR count). The average Bonchev–Trinajstić information content (AvgIpc) is 1.95. The second-order valence-electron chi connectivity index (χ2n) is 2.27. The Hall–Kier alpha value is -0.700. The predicted octanol–water partition coefficient (Wildman–Crippen LogP) is -1.78. The van der Waals surface area contributed by atoms with Crippen LogP contribution in [0.5, 0.6) is 0 Å². The highest BCUT2D eigenvalue weighted by Gasteiger charge is 2.19. The van der Waals surface area contributed by atoms with Gasteiger partial charge in [0.2, 0.25) is 0 Å². The molecule has 3 N–H and O–H groups in total. The van der Waals surface area contributed by atoms with Crippen molar-refractivity contribution in [1.29, 1.82) is 0 Å². The van der Waals surface area contributed by atoms with Gasteiger partial charge in [-0.25, -0.2) is 5.14 Å². The molecule has 0 bridgehead atoms. The Morgan fingerprint density at radius 2 is 2.15 bits per heavy atom. The van der Waals surface area contributed by atoms with Crippen LogP contribution in [0, 0.1) is 0 Å². The number of carboxylic acids is 1. The minimum atomic E-state index is -3.96. The normalized spacial score (nSPS) is 11.9. The number of carbonyl (C=O) groups is 1. The molecule has 0 saturated carbocycles. The van der Waals surface area contributed by atoms with Crippen molar-refractivity contribution in [2.75, 3.05) is 26.8 Å². The number of hydrogen-bond donors (Lipinski definition) is 2. The Labute approximate surface area is 76.3 Å². The van der Waals surface area contributed by atoms with E-state index in [-0.39, 0.29) is 13.2 Å². The Morgan fingerprint density at radius 3 is 2.46 bits per heavy atom. The van der Waals surface area contributed by atoms with Crippen LogP contribution in [0.4, 0.5) is 0 Å². The molecule has 0 aliphatic rings. The number of nitrogens with two attached hydrogens (primary N) is 1. The van der Waals surface area contributed by atoms with Crippen LogP contribution >= 0.6 is 0 Å². The third-order valence-corrected chi connectivity index (χ3v) is 2.25. The van der Waals surface area contributed by atoms with Crippen molar-refractivity contribution in [2.24, 2.45) is 5.14 Å². The molecule has 8 heteroatoms. The highest BCUT2D eigenvalue weighted by Crippen LogP contribution is 1.93. The van der Waals surface area contributed by atoms with Crippen LogP contribution in [-0.2, 0) is 19.7 Å². The van der Waals surface area contributed by atoms with Gasteiger partial charge in [0, 0.05) is 13.7 Å². The third-order valence-electron chi connectivity index (χ3n) is 1.22. The average molecular weight is 212 g/mol. The van der Waals surface area contributed by atoms with E-state index in [2.05, 4.69) is 4.74 Å². The first-order valence-corrected chi connectivity index (χ1v) is 4.87. The van der Waals surface area contributed by atoms with Crippen molar-refractivity contribution in [3.05, 3.63) is 0 Å². The fraction of sp³-hybridized carbons (Fsp3) is 0.800. The van der Waals surface area contributed by atoms with E-state index in [1.165, 1.54) is 7.11 Å². The summed E-state index contributed by atoms with van der Waals surface area (Å²) in [6.07, 6.45) is 0. The zero-order valence-corrected chi connectivity index (χ0v) is 7.95. The molecule has 0 aliphatic carbocycles. The molecule has 0 fully saturated rings. The molecular weight excluding hydrogens is 200 g/mol. The van der Waals surface area contributed by atoms with Gasteiger partial charge in [-0.05, 0) is 0 Å². The molecule has 0 aromatic rings. The maximum Gasteiger partial charge on any atom is 0.318 e. The summed E-state index contributed by atoms with van der Waals surface area (Å²) in [5, 5.41) is 13.1. The van der Waals surface area contributed by atoms with Crippen LogP contribution < -0.4 is 5.14 Å². The molecule has 0 aliphatic heterocycles. The number of carboxylic acid groups (broad SMARTS) is 1. The van der Waals surface area contributed by atoms with Crippen LogP contribution in [-0.4, -0.2) is 50.6 Å². The molecule has 0 amide bonds. The fourth-order valence-corrected chi connectivity index (χ4v) is 1.26. The van der Waals surface area contributed by atoms with Crippen LogP contribution in [0.1, 0.15) is 0 Å². The summed E-state index contributed by atoms with van der Waals surface area (Å²) in [5.41, 5.74) is 0. The zero-order chi connectivity index (χ0) is 10.5. The SMILES string of the molecule is COCCN(CC(=O)O)S(N)(=O)=O. The maximum absolute atomic E-state index is 10.8.